The van der Waals surface area contributed by atoms with Gasteiger partial charge in [0.2, 0.25) is 0 Å². The Balaban J connectivity index is 2.89. The lowest BCUT2D eigenvalue weighted by Gasteiger charge is -1.96. The molecule has 0 saturated heterocycles. The maximum absolute atomic E-state index is 9.26. The molecule has 1 aromatic carbocycles. The van der Waals surface area contributed by atoms with Gasteiger partial charge in [0.25, 0.3) is 0 Å². The molecule has 12 heavy (non-hydrogen) atoms. The predicted octanol–water partition coefficient (Wildman–Crippen LogP) is 2.48. The third-order valence-corrected chi connectivity index (χ3v) is 1.39. The van der Waals surface area contributed by atoms with E-state index >= 15 is 0 Å². The lowest BCUT2D eigenvalue weighted by molar-refractivity contribution is 0.436. The molecule has 0 atom stereocenters. The van der Waals surface area contributed by atoms with Gasteiger partial charge in [0.15, 0.2) is 0 Å². The Hall–Kier alpha value is -1.70. The number of hydrogen-bond donors (Lipinski definition) is 2. The second-order valence-electron chi connectivity index (χ2n) is 2.38. The standard InChI is InChI=1S/C10H10O2/c1-8(11)6-7-9-4-2-3-5-10(9)12/h2-7,11-12H,1H2/b7-6+. The molecule has 1 rings (SSSR count). The van der Waals surface area contributed by atoms with Crippen molar-refractivity contribution in [3.63, 3.8) is 0 Å². The normalized spacial score (nSPS) is 10.3. The van der Waals surface area contributed by atoms with Crippen LogP contribution in [0.1, 0.15) is 5.56 Å². The first-order valence-electron chi connectivity index (χ1n) is 3.54. The van der Waals surface area contributed by atoms with Crippen molar-refractivity contribution >= 4 is 6.08 Å². The minimum absolute atomic E-state index is 0.0294. The first-order valence-corrected chi connectivity index (χ1v) is 3.54. The zero-order chi connectivity index (χ0) is 8.97. The van der Waals surface area contributed by atoms with Gasteiger partial charge in [-0.3, -0.25) is 0 Å². The van der Waals surface area contributed by atoms with Crippen LogP contribution in [0.2, 0.25) is 0 Å². The van der Waals surface area contributed by atoms with E-state index in [1.54, 1.807) is 30.3 Å². The number of para-hydroxylation sites is 1. The van der Waals surface area contributed by atoms with Crippen LogP contribution in [-0.4, -0.2) is 10.2 Å². The quantitative estimate of drug-likeness (QED) is 0.518. The van der Waals surface area contributed by atoms with Crippen LogP contribution >= 0.6 is 0 Å². The van der Waals surface area contributed by atoms with E-state index in [-0.39, 0.29) is 11.5 Å². The highest BCUT2D eigenvalue weighted by atomic mass is 16.3. The van der Waals surface area contributed by atoms with Crippen LogP contribution < -0.4 is 0 Å². The number of aromatic hydroxyl groups is 1. The molecule has 2 N–H and O–H groups in total. The molecular weight excluding hydrogens is 152 g/mol. The molecule has 2 heteroatoms. The highest BCUT2D eigenvalue weighted by Gasteiger charge is 1.92. The molecule has 0 aliphatic rings. The van der Waals surface area contributed by atoms with Crippen molar-refractivity contribution in [3.05, 3.63) is 48.2 Å². The second-order valence-corrected chi connectivity index (χ2v) is 2.38. The number of benzene rings is 1. The van der Waals surface area contributed by atoms with Gasteiger partial charge in [0, 0.05) is 5.56 Å². The molecule has 2 nitrogen and oxygen atoms in total. The summed E-state index contributed by atoms with van der Waals surface area (Å²) in [6.07, 6.45) is 3.02. The summed E-state index contributed by atoms with van der Waals surface area (Å²) in [6, 6.07) is 6.87. The zero-order valence-electron chi connectivity index (χ0n) is 6.57. The average molecular weight is 162 g/mol. The maximum Gasteiger partial charge on any atom is 0.122 e. The predicted molar refractivity (Wildman–Crippen MR) is 48.9 cm³/mol. The SMILES string of the molecule is C=C(O)/C=C/c1ccccc1O. The largest absolute Gasteiger partial charge is 0.509 e. The van der Waals surface area contributed by atoms with E-state index in [4.69, 9.17) is 5.11 Å². The minimum atomic E-state index is -0.0294. The third-order valence-electron chi connectivity index (χ3n) is 1.39. The highest BCUT2D eigenvalue weighted by Crippen LogP contribution is 2.17. The van der Waals surface area contributed by atoms with Crippen LogP contribution in [0.5, 0.6) is 5.75 Å². The number of aliphatic hydroxyl groups is 1. The average Bonchev–Trinajstić information content (AvgIpc) is 2.03. The molecule has 0 amide bonds. The summed E-state index contributed by atoms with van der Waals surface area (Å²) in [6.45, 7) is 3.29. The Labute approximate surface area is 71.1 Å². The molecule has 0 aromatic heterocycles. The summed E-state index contributed by atoms with van der Waals surface area (Å²) in [7, 11) is 0. The van der Waals surface area contributed by atoms with Crippen LogP contribution in [0.3, 0.4) is 0 Å². The lowest BCUT2D eigenvalue weighted by atomic mass is 10.2. The first kappa shape index (κ1) is 8.40. The van der Waals surface area contributed by atoms with Crippen LogP contribution in [0.4, 0.5) is 0 Å². The van der Waals surface area contributed by atoms with Gasteiger partial charge in [0.1, 0.15) is 11.5 Å². The molecule has 0 saturated carbocycles. The molecule has 0 radical (unpaired) electrons. The highest BCUT2D eigenvalue weighted by molar-refractivity contribution is 5.58. The van der Waals surface area contributed by atoms with Gasteiger partial charge in [-0.1, -0.05) is 24.8 Å². The summed E-state index contributed by atoms with van der Waals surface area (Å²) < 4.78 is 0. The van der Waals surface area contributed by atoms with Crippen LogP contribution in [0.15, 0.2) is 42.7 Å². The van der Waals surface area contributed by atoms with Gasteiger partial charge in [0.05, 0.1) is 0 Å². The summed E-state index contributed by atoms with van der Waals surface area (Å²) in [5.74, 6) is 0.160. The fourth-order valence-corrected chi connectivity index (χ4v) is 0.814. The van der Waals surface area contributed by atoms with E-state index < -0.39 is 0 Å². The Kier molecular flexibility index (Phi) is 2.53. The van der Waals surface area contributed by atoms with E-state index in [9.17, 15) is 5.11 Å². The van der Waals surface area contributed by atoms with Crippen LogP contribution in [-0.2, 0) is 0 Å². The third kappa shape index (κ3) is 2.16. The van der Waals surface area contributed by atoms with Gasteiger partial charge in [-0.15, -0.1) is 0 Å². The number of allylic oxidation sites excluding steroid dienone is 1. The first-order chi connectivity index (χ1) is 5.70. The monoisotopic (exact) mass is 162 g/mol. The number of aliphatic hydroxyl groups excluding tert-OH is 1. The summed E-state index contributed by atoms with van der Waals surface area (Å²) >= 11 is 0. The Bertz CT molecular complexity index is 313. The van der Waals surface area contributed by atoms with Crippen LogP contribution in [0.25, 0.3) is 6.08 Å². The molecule has 1 aromatic rings. The molecule has 0 fully saturated rings. The topological polar surface area (TPSA) is 40.5 Å². The van der Waals surface area contributed by atoms with Gasteiger partial charge in [-0.05, 0) is 18.2 Å². The van der Waals surface area contributed by atoms with E-state index in [2.05, 4.69) is 6.58 Å². The molecule has 0 spiro atoms. The fraction of sp³-hybridized carbons (Fsp3) is 0. The fourth-order valence-electron chi connectivity index (χ4n) is 0.814. The Morgan fingerprint density at radius 2 is 2.00 bits per heavy atom. The van der Waals surface area contributed by atoms with E-state index in [0.717, 1.165) is 0 Å². The van der Waals surface area contributed by atoms with Crippen molar-refractivity contribution in [2.75, 3.05) is 0 Å². The Morgan fingerprint density at radius 3 is 2.58 bits per heavy atom. The van der Waals surface area contributed by atoms with Gasteiger partial charge >= 0.3 is 0 Å². The van der Waals surface area contributed by atoms with Gasteiger partial charge in [-0.25, -0.2) is 0 Å². The van der Waals surface area contributed by atoms with Gasteiger partial charge < -0.3 is 10.2 Å². The molecule has 62 valence electrons. The van der Waals surface area contributed by atoms with Crippen molar-refractivity contribution in [1.29, 1.82) is 0 Å². The molecule has 0 aliphatic heterocycles. The number of hydrogen-bond acceptors (Lipinski definition) is 2. The number of phenolic OH excluding ortho intramolecular Hbond substituents is 1. The summed E-state index contributed by atoms with van der Waals surface area (Å²) in [4.78, 5) is 0. The van der Waals surface area contributed by atoms with Crippen molar-refractivity contribution in [3.8, 4) is 5.75 Å². The van der Waals surface area contributed by atoms with E-state index in [1.807, 2.05) is 0 Å². The van der Waals surface area contributed by atoms with Crippen molar-refractivity contribution in [2.45, 2.75) is 0 Å². The molecular formula is C10H10O2. The molecule has 0 heterocycles. The lowest BCUT2D eigenvalue weighted by Crippen LogP contribution is -1.73. The minimum Gasteiger partial charge on any atom is -0.509 e. The van der Waals surface area contributed by atoms with E-state index in [1.165, 1.54) is 6.08 Å². The van der Waals surface area contributed by atoms with Crippen molar-refractivity contribution in [2.24, 2.45) is 0 Å². The van der Waals surface area contributed by atoms with E-state index in [0.29, 0.717) is 5.56 Å². The summed E-state index contributed by atoms with van der Waals surface area (Å²) in [5, 5.41) is 18.0. The van der Waals surface area contributed by atoms with Crippen molar-refractivity contribution in [1.82, 2.24) is 0 Å². The maximum atomic E-state index is 9.26. The molecule has 0 bridgehead atoms. The second kappa shape index (κ2) is 3.62. The zero-order valence-corrected chi connectivity index (χ0v) is 6.57. The van der Waals surface area contributed by atoms with Gasteiger partial charge in [-0.2, -0.15) is 0 Å². The molecule has 0 aliphatic carbocycles. The number of rotatable bonds is 2. The number of phenols is 1. The molecule has 0 unspecified atom stereocenters. The van der Waals surface area contributed by atoms with Crippen molar-refractivity contribution < 1.29 is 10.2 Å². The van der Waals surface area contributed by atoms with Crippen LogP contribution in [0, 0.1) is 0 Å². The smallest absolute Gasteiger partial charge is 0.122 e. The summed E-state index contributed by atoms with van der Waals surface area (Å²) in [5.41, 5.74) is 0.660. The Morgan fingerprint density at radius 1 is 1.33 bits per heavy atom.